The van der Waals surface area contributed by atoms with E-state index in [0.29, 0.717) is 16.3 Å². The van der Waals surface area contributed by atoms with Gasteiger partial charge < -0.3 is 10.1 Å². The number of amides is 1. The molecule has 2 rings (SSSR count). The highest BCUT2D eigenvalue weighted by Gasteiger charge is 2.14. The molecule has 1 N–H and O–H groups in total. The number of thioether (sulfide) groups is 1. The number of rotatable bonds is 6. The molecule has 0 aliphatic rings. The molecule has 2 aromatic carbocycles. The van der Waals surface area contributed by atoms with Gasteiger partial charge in [0, 0.05) is 10.3 Å². The minimum atomic E-state index is -0.479. The molecule has 1 atom stereocenters. The third-order valence-electron chi connectivity index (χ3n) is 3.41. The maximum atomic E-state index is 12.2. The molecule has 1 amide bonds. The van der Waals surface area contributed by atoms with Crippen molar-refractivity contribution in [3.8, 4) is 0 Å². The van der Waals surface area contributed by atoms with Crippen molar-refractivity contribution in [2.24, 2.45) is 0 Å². The number of halogens is 1. The predicted molar refractivity (Wildman–Crippen MR) is 98.7 cm³/mol. The molecule has 0 aliphatic heterocycles. The number of methoxy groups -OCH3 is 1. The molecular formula is C18H18ClNO3S. The van der Waals surface area contributed by atoms with E-state index < -0.39 is 5.97 Å². The van der Waals surface area contributed by atoms with Crippen molar-refractivity contribution in [3.05, 3.63) is 64.7 Å². The Bertz CT molecular complexity index is 718. The molecule has 0 aliphatic carbocycles. The van der Waals surface area contributed by atoms with Gasteiger partial charge in [-0.1, -0.05) is 35.9 Å². The number of para-hydroxylation sites is 1. The van der Waals surface area contributed by atoms with Crippen LogP contribution in [0.25, 0.3) is 0 Å². The molecule has 0 bridgehead atoms. The minimum Gasteiger partial charge on any atom is -0.465 e. The van der Waals surface area contributed by atoms with Gasteiger partial charge in [-0.25, -0.2) is 4.79 Å². The number of carbonyl (C=O) groups is 2. The summed E-state index contributed by atoms with van der Waals surface area (Å²) in [7, 11) is 1.31. The van der Waals surface area contributed by atoms with Crippen LogP contribution in [0.4, 0.5) is 5.69 Å². The molecule has 24 heavy (non-hydrogen) atoms. The van der Waals surface area contributed by atoms with Crippen molar-refractivity contribution in [3.63, 3.8) is 0 Å². The zero-order valence-corrected chi connectivity index (χ0v) is 15.0. The lowest BCUT2D eigenvalue weighted by molar-refractivity contribution is -0.113. The summed E-state index contributed by atoms with van der Waals surface area (Å²) in [6.07, 6.45) is 0. The van der Waals surface area contributed by atoms with Crippen LogP contribution >= 0.6 is 23.4 Å². The second kappa shape index (κ2) is 8.76. The second-order valence-electron chi connectivity index (χ2n) is 5.09. The Morgan fingerprint density at radius 2 is 1.83 bits per heavy atom. The summed E-state index contributed by atoms with van der Waals surface area (Å²) >= 11 is 7.39. The summed E-state index contributed by atoms with van der Waals surface area (Å²) in [6, 6.07) is 14.3. The van der Waals surface area contributed by atoms with Crippen molar-refractivity contribution in [2.75, 3.05) is 18.2 Å². The molecule has 2 aromatic rings. The quantitative estimate of drug-likeness (QED) is 0.764. The van der Waals surface area contributed by atoms with E-state index in [1.165, 1.54) is 18.9 Å². The van der Waals surface area contributed by atoms with Crippen molar-refractivity contribution in [1.82, 2.24) is 0 Å². The maximum Gasteiger partial charge on any atom is 0.339 e. The largest absolute Gasteiger partial charge is 0.465 e. The number of nitrogens with one attached hydrogen (secondary N) is 1. The number of anilines is 1. The molecule has 1 unspecified atom stereocenters. The fraction of sp³-hybridized carbons (Fsp3) is 0.222. The van der Waals surface area contributed by atoms with Gasteiger partial charge in [0.25, 0.3) is 0 Å². The van der Waals surface area contributed by atoms with E-state index in [1.807, 2.05) is 31.2 Å². The number of hydrogen-bond acceptors (Lipinski definition) is 4. The first-order valence-corrected chi connectivity index (χ1v) is 8.78. The molecule has 126 valence electrons. The Kier molecular flexibility index (Phi) is 6.70. The van der Waals surface area contributed by atoms with E-state index >= 15 is 0 Å². The third kappa shape index (κ3) is 5.01. The number of ether oxygens (including phenoxy) is 1. The molecule has 4 nitrogen and oxygen atoms in total. The lowest BCUT2D eigenvalue weighted by Crippen LogP contribution is -2.17. The lowest BCUT2D eigenvalue weighted by atomic mass is 10.2. The van der Waals surface area contributed by atoms with E-state index in [1.54, 1.807) is 24.3 Å². The van der Waals surface area contributed by atoms with Gasteiger partial charge in [-0.3, -0.25) is 4.79 Å². The topological polar surface area (TPSA) is 55.4 Å². The Morgan fingerprint density at radius 3 is 2.50 bits per heavy atom. The van der Waals surface area contributed by atoms with Crippen LogP contribution in [0.1, 0.15) is 28.1 Å². The van der Waals surface area contributed by atoms with E-state index in [9.17, 15) is 9.59 Å². The normalized spacial score (nSPS) is 11.6. The average Bonchev–Trinajstić information content (AvgIpc) is 2.60. The lowest BCUT2D eigenvalue weighted by Gasteiger charge is -2.13. The zero-order chi connectivity index (χ0) is 17.5. The molecule has 0 radical (unpaired) electrons. The van der Waals surface area contributed by atoms with E-state index in [4.69, 9.17) is 16.3 Å². The summed E-state index contributed by atoms with van der Waals surface area (Å²) in [4.78, 5) is 23.9. The number of carbonyl (C=O) groups excluding carboxylic acids is 2. The Hall–Kier alpha value is -1.98. The fourth-order valence-electron chi connectivity index (χ4n) is 2.10. The van der Waals surface area contributed by atoms with E-state index in [2.05, 4.69) is 5.32 Å². The van der Waals surface area contributed by atoms with Gasteiger partial charge >= 0.3 is 5.97 Å². The van der Waals surface area contributed by atoms with Gasteiger partial charge in [-0.05, 0) is 36.8 Å². The standard InChI is InChI=1S/C18H18ClNO3S/c1-12(13-7-9-14(19)10-8-13)24-11-17(21)20-16-6-4-3-5-15(16)18(22)23-2/h3-10,12H,11H2,1-2H3,(H,20,21). The molecule has 6 heteroatoms. The zero-order valence-electron chi connectivity index (χ0n) is 13.4. The van der Waals surface area contributed by atoms with Crippen LogP contribution in [0, 0.1) is 0 Å². The monoisotopic (exact) mass is 363 g/mol. The van der Waals surface area contributed by atoms with Gasteiger partial charge in [0.1, 0.15) is 0 Å². The fourth-order valence-corrected chi connectivity index (χ4v) is 3.05. The number of benzene rings is 2. The molecule has 0 aromatic heterocycles. The van der Waals surface area contributed by atoms with Crippen LogP contribution in [-0.4, -0.2) is 24.7 Å². The molecule has 0 spiro atoms. The van der Waals surface area contributed by atoms with Gasteiger partial charge in [-0.15, -0.1) is 11.8 Å². The second-order valence-corrected chi connectivity index (χ2v) is 6.86. The highest BCUT2D eigenvalue weighted by molar-refractivity contribution is 8.00. The van der Waals surface area contributed by atoms with Gasteiger partial charge in [-0.2, -0.15) is 0 Å². The van der Waals surface area contributed by atoms with Crippen LogP contribution in [0.2, 0.25) is 5.02 Å². The first-order valence-electron chi connectivity index (χ1n) is 7.35. The summed E-state index contributed by atoms with van der Waals surface area (Å²) in [6.45, 7) is 2.03. The maximum absolute atomic E-state index is 12.2. The smallest absolute Gasteiger partial charge is 0.339 e. The minimum absolute atomic E-state index is 0.156. The molecular weight excluding hydrogens is 346 g/mol. The highest BCUT2D eigenvalue weighted by Crippen LogP contribution is 2.29. The Morgan fingerprint density at radius 1 is 1.17 bits per heavy atom. The molecule has 0 heterocycles. The first-order chi connectivity index (χ1) is 11.5. The van der Waals surface area contributed by atoms with Crippen LogP contribution in [0.15, 0.2) is 48.5 Å². The van der Waals surface area contributed by atoms with Crippen LogP contribution in [-0.2, 0) is 9.53 Å². The van der Waals surface area contributed by atoms with Gasteiger partial charge in [0.2, 0.25) is 5.91 Å². The summed E-state index contributed by atoms with van der Waals surface area (Å²) in [5, 5.41) is 3.60. The average molecular weight is 364 g/mol. The van der Waals surface area contributed by atoms with Crippen molar-refractivity contribution in [2.45, 2.75) is 12.2 Å². The van der Waals surface area contributed by atoms with Gasteiger partial charge in [0.15, 0.2) is 0 Å². The predicted octanol–water partition coefficient (Wildman–Crippen LogP) is 4.56. The van der Waals surface area contributed by atoms with Crippen LogP contribution in [0.3, 0.4) is 0 Å². The Balaban J connectivity index is 1.94. The summed E-state index contributed by atoms with van der Waals surface area (Å²) < 4.78 is 4.72. The summed E-state index contributed by atoms with van der Waals surface area (Å²) in [5.74, 6) is -0.371. The molecule has 0 saturated heterocycles. The van der Waals surface area contributed by atoms with Crippen LogP contribution in [0.5, 0.6) is 0 Å². The Labute approximate surface area is 150 Å². The first kappa shape index (κ1) is 18.4. The van der Waals surface area contributed by atoms with Crippen LogP contribution < -0.4 is 5.32 Å². The number of esters is 1. The van der Waals surface area contributed by atoms with Crippen molar-refractivity contribution < 1.29 is 14.3 Å². The molecule has 0 fully saturated rings. The third-order valence-corrected chi connectivity index (χ3v) is 4.86. The van der Waals surface area contributed by atoms with E-state index in [-0.39, 0.29) is 16.9 Å². The summed E-state index contributed by atoms with van der Waals surface area (Å²) in [5.41, 5.74) is 1.89. The number of hydrogen-bond donors (Lipinski definition) is 1. The SMILES string of the molecule is COC(=O)c1ccccc1NC(=O)CSC(C)c1ccc(Cl)cc1. The van der Waals surface area contributed by atoms with E-state index in [0.717, 1.165) is 5.56 Å². The van der Waals surface area contributed by atoms with Crippen molar-refractivity contribution in [1.29, 1.82) is 0 Å². The van der Waals surface area contributed by atoms with Crippen molar-refractivity contribution >= 4 is 40.9 Å². The highest BCUT2D eigenvalue weighted by atomic mass is 35.5. The molecule has 0 saturated carbocycles. The van der Waals surface area contributed by atoms with Gasteiger partial charge in [0.05, 0.1) is 24.1 Å².